The Bertz CT molecular complexity index is 359. The highest BCUT2D eigenvalue weighted by Gasteiger charge is 2.27. The number of nitrogens with zero attached hydrogens (tertiary/aromatic N) is 1. The second-order valence-electron chi connectivity index (χ2n) is 4.60. The van der Waals surface area contributed by atoms with Crippen molar-refractivity contribution in [1.82, 2.24) is 0 Å². The van der Waals surface area contributed by atoms with Gasteiger partial charge in [0.25, 0.3) is 0 Å². The lowest BCUT2D eigenvalue weighted by Crippen LogP contribution is -2.26. The van der Waals surface area contributed by atoms with Gasteiger partial charge in [-0.15, -0.1) is 0 Å². The number of fused-ring (bicyclic) bond motifs is 1. The minimum atomic E-state index is 0.0694. The van der Waals surface area contributed by atoms with Crippen molar-refractivity contribution in [3.05, 3.63) is 29.8 Å². The average Bonchev–Trinajstić information content (AvgIpc) is 2.56. The van der Waals surface area contributed by atoms with E-state index in [1.165, 1.54) is 11.3 Å². The van der Waals surface area contributed by atoms with Crippen LogP contribution in [-0.2, 0) is 4.79 Å². The summed E-state index contributed by atoms with van der Waals surface area (Å²) in [7, 11) is 0. The smallest absolute Gasteiger partial charge is 0.129 e. The molecule has 2 heteroatoms. The third kappa shape index (κ3) is 1.89. The lowest BCUT2D eigenvalue weighted by atomic mass is 10.0. The Labute approximate surface area is 90.9 Å². The Morgan fingerprint density at radius 1 is 1.47 bits per heavy atom. The van der Waals surface area contributed by atoms with E-state index in [0.29, 0.717) is 5.92 Å². The van der Waals surface area contributed by atoms with Gasteiger partial charge in [-0.05, 0) is 17.5 Å². The summed E-state index contributed by atoms with van der Waals surface area (Å²) in [6.07, 6.45) is 1.07. The number of hydrogen-bond acceptors (Lipinski definition) is 2. The number of benzene rings is 1. The number of hydrogen-bond donors (Lipinski definition) is 0. The second-order valence-corrected chi connectivity index (χ2v) is 4.60. The average molecular weight is 203 g/mol. The first-order valence-electron chi connectivity index (χ1n) is 5.51. The van der Waals surface area contributed by atoms with Crippen molar-refractivity contribution in [2.75, 3.05) is 18.0 Å². The first kappa shape index (κ1) is 10.2. The minimum absolute atomic E-state index is 0.0694. The zero-order valence-electron chi connectivity index (χ0n) is 9.31. The normalized spacial score (nSPS) is 19.4. The van der Waals surface area contributed by atoms with Crippen LogP contribution in [-0.4, -0.2) is 19.4 Å². The maximum atomic E-state index is 11.0. The van der Waals surface area contributed by atoms with E-state index < -0.39 is 0 Å². The van der Waals surface area contributed by atoms with Crippen molar-refractivity contribution in [2.24, 2.45) is 5.92 Å². The predicted octanol–water partition coefficient (Wildman–Crippen LogP) is 2.45. The lowest BCUT2D eigenvalue weighted by Gasteiger charge is -2.21. The third-order valence-corrected chi connectivity index (χ3v) is 2.84. The molecule has 1 aromatic carbocycles. The van der Waals surface area contributed by atoms with Crippen molar-refractivity contribution in [1.29, 1.82) is 0 Å². The summed E-state index contributed by atoms with van der Waals surface area (Å²) in [4.78, 5) is 13.3. The standard InChI is InChI=1S/C13H17NO/c1-10(2)7-14-8-11(9-15)12-5-3-4-6-13(12)14/h3-6,9-11H,7-8H2,1-2H3. The zero-order valence-corrected chi connectivity index (χ0v) is 9.31. The van der Waals surface area contributed by atoms with Crippen molar-refractivity contribution in [3.63, 3.8) is 0 Å². The van der Waals surface area contributed by atoms with Gasteiger partial charge in [0.05, 0.1) is 5.92 Å². The molecule has 15 heavy (non-hydrogen) atoms. The molecule has 0 spiro atoms. The predicted molar refractivity (Wildman–Crippen MR) is 62.3 cm³/mol. The number of para-hydroxylation sites is 1. The SMILES string of the molecule is CC(C)CN1CC(C=O)c2ccccc21. The summed E-state index contributed by atoms with van der Waals surface area (Å²) in [5.74, 6) is 0.698. The number of carbonyl (C=O) groups excluding carboxylic acids is 1. The molecule has 0 saturated carbocycles. The van der Waals surface area contributed by atoms with Gasteiger partial charge in [-0.1, -0.05) is 32.0 Å². The van der Waals surface area contributed by atoms with Crippen molar-refractivity contribution in [2.45, 2.75) is 19.8 Å². The first-order chi connectivity index (χ1) is 7.22. The lowest BCUT2D eigenvalue weighted by molar-refractivity contribution is -0.108. The molecule has 0 aromatic heterocycles. The monoisotopic (exact) mass is 203 g/mol. The van der Waals surface area contributed by atoms with Crippen LogP contribution in [0.15, 0.2) is 24.3 Å². The van der Waals surface area contributed by atoms with E-state index in [0.717, 1.165) is 19.4 Å². The fourth-order valence-corrected chi connectivity index (χ4v) is 2.25. The van der Waals surface area contributed by atoms with Gasteiger partial charge in [0.15, 0.2) is 0 Å². The fourth-order valence-electron chi connectivity index (χ4n) is 2.25. The molecular formula is C13H17NO. The van der Waals surface area contributed by atoms with Gasteiger partial charge in [0.1, 0.15) is 6.29 Å². The highest BCUT2D eigenvalue weighted by molar-refractivity contribution is 5.74. The van der Waals surface area contributed by atoms with Crippen LogP contribution in [0, 0.1) is 5.92 Å². The van der Waals surface area contributed by atoms with Gasteiger partial charge in [-0.2, -0.15) is 0 Å². The molecule has 80 valence electrons. The van der Waals surface area contributed by atoms with E-state index in [1.807, 2.05) is 12.1 Å². The molecule has 2 nitrogen and oxygen atoms in total. The van der Waals surface area contributed by atoms with E-state index in [4.69, 9.17) is 0 Å². The number of carbonyl (C=O) groups is 1. The fraction of sp³-hybridized carbons (Fsp3) is 0.462. The molecule has 0 saturated heterocycles. The summed E-state index contributed by atoms with van der Waals surface area (Å²) >= 11 is 0. The highest BCUT2D eigenvalue weighted by Crippen LogP contribution is 2.35. The molecule has 1 aliphatic heterocycles. The minimum Gasteiger partial charge on any atom is -0.370 e. The topological polar surface area (TPSA) is 20.3 Å². The van der Waals surface area contributed by atoms with Gasteiger partial charge in [0.2, 0.25) is 0 Å². The van der Waals surface area contributed by atoms with E-state index in [1.54, 1.807) is 0 Å². The van der Waals surface area contributed by atoms with Gasteiger partial charge in [0, 0.05) is 18.8 Å². The van der Waals surface area contributed by atoms with E-state index in [9.17, 15) is 4.79 Å². The number of anilines is 1. The Morgan fingerprint density at radius 3 is 2.87 bits per heavy atom. The highest BCUT2D eigenvalue weighted by atomic mass is 16.1. The maximum Gasteiger partial charge on any atom is 0.129 e. The third-order valence-electron chi connectivity index (χ3n) is 2.84. The quantitative estimate of drug-likeness (QED) is 0.703. The summed E-state index contributed by atoms with van der Waals surface area (Å²) < 4.78 is 0. The number of aldehydes is 1. The van der Waals surface area contributed by atoms with E-state index in [-0.39, 0.29) is 5.92 Å². The van der Waals surface area contributed by atoms with Crippen LogP contribution >= 0.6 is 0 Å². The zero-order chi connectivity index (χ0) is 10.8. The second kappa shape index (κ2) is 4.05. The van der Waals surface area contributed by atoms with Crippen LogP contribution in [0.25, 0.3) is 0 Å². The van der Waals surface area contributed by atoms with Crippen LogP contribution in [0.2, 0.25) is 0 Å². The van der Waals surface area contributed by atoms with Gasteiger partial charge in [-0.25, -0.2) is 0 Å². The first-order valence-corrected chi connectivity index (χ1v) is 5.51. The molecular weight excluding hydrogens is 186 g/mol. The molecule has 0 bridgehead atoms. The summed E-state index contributed by atoms with van der Waals surface area (Å²) in [5, 5.41) is 0. The molecule has 0 fully saturated rings. The Balaban J connectivity index is 2.29. The van der Waals surface area contributed by atoms with Crippen LogP contribution < -0.4 is 4.90 Å². The van der Waals surface area contributed by atoms with Crippen LogP contribution in [0.1, 0.15) is 25.3 Å². The summed E-state index contributed by atoms with van der Waals surface area (Å²) in [5.41, 5.74) is 2.43. The molecule has 1 aliphatic rings. The molecule has 0 amide bonds. The molecule has 1 atom stereocenters. The largest absolute Gasteiger partial charge is 0.370 e. The number of rotatable bonds is 3. The summed E-state index contributed by atoms with van der Waals surface area (Å²) in [6.45, 7) is 6.29. The molecule has 0 radical (unpaired) electrons. The van der Waals surface area contributed by atoms with Gasteiger partial charge < -0.3 is 9.69 Å². The van der Waals surface area contributed by atoms with Crippen molar-refractivity contribution >= 4 is 12.0 Å². The molecule has 1 aromatic rings. The molecule has 1 unspecified atom stereocenters. The molecule has 0 aliphatic carbocycles. The molecule has 1 heterocycles. The van der Waals surface area contributed by atoms with Gasteiger partial charge >= 0.3 is 0 Å². The Kier molecular flexibility index (Phi) is 2.76. The van der Waals surface area contributed by atoms with Crippen molar-refractivity contribution < 1.29 is 4.79 Å². The van der Waals surface area contributed by atoms with Crippen LogP contribution in [0.5, 0.6) is 0 Å². The van der Waals surface area contributed by atoms with Gasteiger partial charge in [-0.3, -0.25) is 0 Å². The van der Waals surface area contributed by atoms with Crippen LogP contribution in [0.3, 0.4) is 0 Å². The Hall–Kier alpha value is -1.31. The van der Waals surface area contributed by atoms with Crippen molar-refractivity contribution in [3.8, 4) is 0 Å². The van der Waals surface area contributed by atoms with E-state index >= 15 is 0 Å². The maximum absolute atomic E-state index is 11.0. The summed E-state index contributed by atoms with van der Waals surface area (Å²) in [6, 6.07) is 8.23. The molecule has 2 rings (SSSR count). The Morgan fingerprint density at radius 2 is 2.20 bits per heavy atom. The van der Waals surface area contributed by atoms with Crippen LogP contribution in [0.4, 0.5) is 5.69 Å². The molecule has 0 N–H and O–H groups in total. The van der Waals surface area contributed by atoms with E-state index in [2.05, 4.69) is 30.9 Å².